The number of ketones is 2. The molecule has 2 bridgehead atoms. The van der Waals surface area contributed by atoms with Gasteiger partial charge in [0.05, 0.1) is 0 Å². The van der Waals surface area contributed by atoms with E-state index in [1.54, 1.807) is 37.3 Å². The van der Waals surface area contributed by atoms with Gasteiger partial charge in [0, 0.05) is 54.6 Å². The van der Waals surface area contributed by atoms with Gasteiger partial charge in [-0.15, -0.1) is 0 Å². The summed E-state index contributed by atoms with van der Waals surface area (Å²) in [4.78, 5) is 33.4. The predicted octanol–water partition coefficient (Wildman–Crippen LogP) is 5.04. The van der Waals surface area contributed by atoms with Gasteiger partial charge in [0.1, 0.15) is 17.3 Å². The zero-order chi connectivity index (χ0) is 28.0. The third-order valence-electron chi connectivity index (χ3n) is 9.42. The van der Waals surface area contributed by atoms with Crippen LogP contribution in [0.4, 0.5) is 4.39 Å². The lowest BCUT2D eigenvalue weighted by molar-refractivity contribution is -0.0245. The minimum atomic E-state index is -0.627. The molecular weight excluding hydrogens is 507 g/mol. The first kappa shape index (κ1) is 26.7. The Kier molecular flexibility index (Phi) is 7.19. The van der Waals surface area contributed by atoms with Crippen molar-refractivity contribution in [3.05, 3.63) is 94.8 Å². The molecule has 0 radical (unpaired) electrons. The minimum Gasteiger partial charge on any atom is -0.508 e. The Morgan fingerprint density at radius 1 is 0.800 bits per heavy atom. The summed E-state index contributed by atoms with van der Waals surface area (Å²) >= 11 is 0. The number of hydrogen-bond acceptors (Lipinski definition) is 6. The summed E-state index contributed by atoms with van der Waals surface area (Å²) in [7, 11) is 0. The first-order valence-corrected chi connectivity index (χ1v) is 14.2. The van der Waals surface area contributed by atoms with Crippen LogP contribution < -0.4 is 0 Å². The maximum atomic E-state index is 15.0. The standard InChI is InChI=1S/C33H35FN2O4/c1-20-26(9-4-10-29(20)34)31-27(32(39)22-5-2-7-24(37)15-22)17-36(30-19-35-13-11-21(30)12-14-35)18-28(31)33(40)23-6-3-8-25(38)16-23/h2-10,15-16,21,27-28,30-31,37-38H,11-14,17-19H2,1H3/t27-,28-,30?/m0/s1. The molecule has 3 aromatic carbocycles. The van der Waals surface area contributed by atoms with Gasteiger partial charge in [0.15, 0.2) is 11.6 Å². The maximum Gasteiger partial charge on any atom is 0.167 e. The third-order valence-corrected chi connectivity index (χ3v) is 9.42. The molecule has 4 fully saturated rings. The van der Waals surface area contributed by atoms with E-state index in [0.29, 0.717) is 41.3 Å². The molecule has 208 valence electrons. The van der Waals surface area contributed by atoms with Crippen LogP contribution >= 0.6 is 0 Å². The van der Waals surface area contributed by atoms with Crippen LogP contribution in [0.15, 0.2) is 66.7 Å². The molecule has 4 heterocycles. The van der Waals surface area contributed by atoms with E-state index in [0.717, 1.165) is 32.5 Å². The van der Waals surface area contributed by atoms with Crippen LogP contribution in [0.25, 0.3) is 0 Å². The molecule has 40 heavy (non-hydrogen) atoms. The number of phenolic OH excluding ortho intramolecular Hbond substituents is 2. The molecule has 4 saturated heterocycles. The van der Waals surface area contributed by atoms with E-state index in [9.17, 15) is 24.2 Å². The zero-order valence-electron chi connectivity index (χ0n) is 22.7. The quantitative estimate of drug-likeness (QED) is 0.425. The summed E-state index contributed by atoms with van der Waals surface area (Å²) in [5.41, 5.74) is 1.85. The minimum absolute atomic E-state index is 0.00165. The Hall–Kier alpha value is -3.55. The first-order valence-electron chi connectivity index (χ1n) is 14.2. The summed E-state index contributed by atoms with van der Waals surface area (Å²) < 4.78 is 15.0. The molecule has 0 spiro atoms. The van der Waals surface area contributed by atoms with Crippen LogP contribution in [0.1, 0.15) is 50.6 Å². The highest BCUT2D eigenvalue weighted by molar-refractivity contribution is 6.02. The van der Waals surface area contributed by atoms with E-state index < -0.39 is 17.8 Å². The predicted molar refractivity (Wildman–Crippen MR) is 150 cm³/mol. The molecule has 4 aliphatic heterocycles. The monoisotopic (exact) mass is 542 g/mol. The van der Waals surface area contributed by atoms with Crippen LogP contribution in [0, 0.1) is 30.5 Å². The molecule has 3 aromatic rings. The van der Waals surface area contributed by atoms with Crippen LogP contribution in [0.5, 0.6) is 11.5 Å². The van der Waals surface area contributed by atoms with Crippen LogP contribution in [0.2, 0.25) is 0 Å². The second-order valence-electron chi connectivity index (χ2n) is 11.7. The number of Topliss-reactive ketones (excluding diaryl/α,β-unsaturated/α-hetero) is 2. The van der Waals surface area contributed by atoms with Gasteiger partial charge >= 0.3 is 0 Å². The van der Waals surface area contributed by atoms with Gasteiger partial charge < -0.3 is 15.1 Å². The Bertz CT molecular complexity index is 1370. The molecule has 7 heteroatoms. The summed E-state index contributed by atoms with van der Waals surface area (Å²) in [5.74, 6) is -2.01. The molecule has 2 N–H and O–H groups in total. The molecule has 0 amide bonds. The molecule has 0 aliphatic carbocycles. The molecular formula is C33H35FN2O4. The first-order chi connectivity index (χ1) is 19.3. The van der Waals surface area contributed by atoms with Crippen LogP contribution in [-0.4, -0.2) is 70.3 Å². The average Bonchev–Trinajstić information content (AvgIpc) is 2.98. The van der Waals surface area contributed by atoms with Gasteiger partial charge in [-0.2, -0.15) is 0 Å². The van der Waals surface area contributed by atoms with Gasteiger partial charge in [-0.3, -0.25) is 14.5 Å². The Morgan fingerprint density at radius 2 is 1.35 bits per heavy atom. The van der Waals surface area contributed by atoms with Crippen molar-refractivity contribution in [2.45, 2.75) is 31.7 Å². The van der Waals surface area contributed by atoms with Crippen molar-refractivity contribution < 1.29 is 24.2 Å². The van der Waals surface area contributed by atoms with Gasteiger partial charge in [0.25, 0.3) is 0 Å². The number of carbonyl (C=O) groups is 2. The van der Waals surface area contributed by atoms with Crippen molar-refractivity contribution in [2.75, 3.05) is 32.7 Å². The number of nitrogens with zero attached hydrogens (tertiary/aromatic N) is 2. The Labute approximate surface area is 234 Å². The number of fused-ring (bicyclic) bond motifs is 3. The summed E-state index contributed by atoms with van der Waals surface area (Å²) in [6, 6.07) is 17.8. The summed E-state index contributed by atoms with van der Waals surface area (Å²) in [6.07, 6.45) is 2.20. The maximum absolute atomic E-state index is 15.0. The van der Waals surface area contributed by atoms with Crippen molar-refractivity contribution in [3.63, 3.8) is 0 Å². The van der Waals surface area contributed by atoms with Crippen LogP contribution in [-0.2, 0) is 0 Å². The average molecular weight is 543 g/mol. The van der Waals surface area contributed by atoms with Crippen molar-refractivity contribution in [3.8, 4) is 11.5 Å². The van der Waals surface area contributed by atoms with E-state index in [1.165, 1.54) is 30.3 Å². The van der Waals surface area contributed by atoms with Gasteiger partial charge in [-0.25, -0.2) is 4.39 Å². The van der Waals surface area contributed by atoms with Crippen LogP contribution in [0.3, 0.4) is 0 Å². The lowest BCUT2D eigenvalue weighted by Gasteiger charge is -2.53. The van der Waals surface area contributed by atoms with E-state index in [-0.39, 0.29) is 34.9 Å². The smallest absolute Gasteiger partial charge is 0.167 e. The number of phenols is 2. The molecule has 0 aromatic heterocycles. The largest absolute Gasteiger partial charge is 0.508 e. The SMILES string of the molecule is Cc1c(F)cccc1C1[C@@H](C(=O)c2cccc(O)c2)CN(C2CN3CCC2CC3)C[C@@H]1C(=O)c1cccc(O)c1. The fourth-order valence-corrected chi connectivity index (χ4v) is 7.36. The second kappa shape index (κ2) is 10.8. The van der Waals surface area contributed by atoms with E-state index >= 15 is 0 Å². The second-order valence-corrected chi connectivity index (χ2v) is 11.7. The summed E-state index contributed by atoms with van der Waals surface area (Å²) in [5, 5.41) is 20.3. The molecule has 7 rings (SSSR count). The number of likely N-dealkylation sites (tertiary alicyclic amines) is 1. The zero-order valence-corrected chi connectivity index (χ0v) is 22.7. The number of halogens is 1. The highest BCUT2D eigenvalue weighted by atomic mass is 19.1. The topological polar surface area (TPSA) is 81.1 Å². The lowest BCUT2D eigenvalue weighted by atomic mass is 9.67. The summed E-state index contributed by atoms with van der Waals surface area (Å²) in [6.45, 7) is 5.68. The number of benzene rings is 3. The number of piperidine rings is 4. The highest BCUT2D eigenvalue weighted by Crippen LogP contribution is 2.45. The van der Waals surface area contributed by atoms with Crippen molar-refractivity contribution in [1.82, 2.24) is 9.80 Å². The Balaban J connectivity index is 1.48. The lowest BCUT2D eigenvalue weighted by Crippen LogP contribution is -2.62. The van der Waals surface area contributed by atoms with Gasteiger partial charge in [-0.1, -0.05) is 36.4 Å². The number of carbonyl (C=O) groups excluding carboxylic acids is 2. The fraction of sp³-hybridized carbons (Fsp3) is 0.394. The fourth-order valence-electron chi connectivity index (χ4n) is 7.36. The molecule has 4 aliphatic rings. The van der Waals surface area contributed by atoms with Crippen molar-refractivity contribution in [1.29, 1.82) is 0 Å². The molecule has 1 unspecified atom stereocenters. The van der Waals surface area contributed by atoms with Gasteiger partial charge in [-0.05, 0) is 80.2 Å². The number of aromatic hydroxyl groups is 2. The van der Waals surface area contributed by atoms with E-state index in [4.69, 9.17) is 0 Å². The third kappa shape index (κ3) is 4.93. The van der Waals surface area contributed by atoms with E-state index in [1.807, 2.05) is 6.07 Å². The molecule has 3 atom stereocenters. The Morgan fingerprint density at radius 3 is 1.85 bits per heavy atom. The van der Waals surface area contributed by atoms with Crippen molar-refractivity contribution in [2.24, 2.45) is 17.8 Å². The van der Waals surface area contributed by atoms with Crippen molar-refractivity contribution >= 4 is 11.6 Å². The number of rotatable bonds is 6. The number of hydrogen-bond donors (Lipinski definition) is 2. The molecule has 6 nitrogen and oxygen atoms in total. The highest BCUT2D eigenvalue weighted by Gasteiger charge is 2.49. The van der Waals surface area contributed by atoms with E-state index in [2.05, 4.69) is 9.80 Å². The normalized spacial score (nSPS) is 27.0. The van der Waals surface area contributed by atoms with Gasteiger partial charge in [0.2, 0.25) is 0 Å². The molecule has 0 saturated carbocycles.